The van der Waals surface area contributed by atoms with E-state index in [9.17, 15) is 4.79 Å². The van der Waals surface area contributed by atoms with Crippen LogP contribution in [0.5, 0.6) is 0 Å². The Labute approximate surface area is 58.0 Å². The summed E-state index contributed by atoms with van der Waals surface area (Å²) in [5, 5.41) is 24.5. The first-order valence-electron chi connectivity index (χ1n) is 2.64. The Morgan fingerprint density at radius 1 is 1.80 bits per heavy atom. The molecule has 1 unspecified atom stereocenters. The van der Waals surface area contributed by atoms with E-state index in [1.807, 2.05) is 0 Å². The Morgan fingerprint density at radius 2 is 2.40 bits per heavy atom. The standard InChI is InChI=1S/C6H7NO3/c7-4-5(6(9)10)2-1-3-8/h1,3,5,8H,2H2,(H,9,10). The van der Waals surface area contributed by atoms with E-state index in [4.69, 9.17) is 15.5 Å². The van der Waals surface area contributed by atoms with Crippen molar-refractivity contribution in [1.82, 2.24) is 0 Å². The third-order valence-corrected chi connectivity index (χ3v) is 0.931. The van der Waals surface area contributed by atoms with Gasteiger partial charge in [-0.3, -0.25) is 4.79 Å². The zero-order valence-corrected chi connectivity index (χ0v) is 5.19. The molecular weight excluding hydrogens is 134 g/mol. The largest absolute Gasteiger partial charge is 0.516 e. The lowest BCUT2D eigenvalue weighted by Gasteiger charge is -1.95. The van der Waals surface area contributed by atoms with Gasteiger partial charge in [-0.25, -0.2) is 0 Å². The molecule has 4 nitrogen and oxygen atoms in total. The molecule has 0 amide bonds. The number of rotatable bonds is 3. The number of aliphatic hydroxyl groups excluding tert-OH is 1. The summed E-state index contributed by atoms with van der Waals surface area (Å²) in [6, 6.07) is 1.57. The van der Waals surface area contributed by atoms with Gasteiger partial charge in [0.1, 0.15) is 5.92 Å². The number of aliphatic carboxylic acids is 1. The fourth-order valence-electron chi connectivity index (χ4n) is 0.406. The molecule has 54 valence electrons. The van der Waals surface area contributed by atoms with Crippen LogP contribution >= 0.6 is 0 Å². The smallest absolute Gasteiger partial charge is 0.321 e. The number of aliphatic hydroxyl groups is 1. The zero-order valence-electron chi connectivity index (χ0n) is 5.19. The molecule has 0 spiro atoms. The molecule has 0 bridgehead atoms. The normalized spacial score (nSPS) is 12.7. The molecule has 0 saturated carbocycles. The van der Waals surface area contributed by atoms with Crippen molar-refractivity contribution < 1.29 is 15.0 Å². The van der Waals surface area contributed by atoms with E-state index in [-0.39, 0.29) is 6.42 Å². The maximum atomic E-state index is 10.1. The molecule has 2 N–H and O–H groups in total. The maximum absolute atomic E-state index is 10.1. The SMILES string of the molecule is N#CC(CC=CO)C(=O)O. The van der Waals surface area contributed by atoms with E-state index in [1.54, 1.807) is 6.07 Å². The highest BCUT2D eigenvalue weighted by molar-refractivity contribution is 5.73. The second-order valence-electron chi connectivity index (χ2n) is 1.64. The summed E-state index contributed by atoms with van der Waals surface area (Å²) >= 11 is 0. The van der Waals surface area contributed by atoms with Gasteiger partial charge in [0.15, 0.2) is 0 Å². The summed E-state index contributed by atoms with van der Waals surface area (Å²) < 4.78 is 0. The monoisotopic (exact) mass is 141 g/mol. The van der Waals surface area contributed by atoms with E-state index in [2.05, 4.69) is 0 Å². The molecule has 4 heteroatoms. The second-order valence-corrected chi connectivity index (χ2v) is 1.64. The quantitative estimate of drug-likeness (QED) is 0.566. The van der Waals surface area contributed by atoms with Gasteiger partial charge in [0.2, 0.25) is 0 Å². The van der Waals surface area contributed by atoms with Crippen LogP contribution in [0.4, 0.5) is 0 Å². The van der Waals surface area contributed by atoms with Gasteiger partial charge < -0.3 is 10.2 Å². The summed E-state index contributed by atoms with van der Waals surface area (Å²) in [6.45, 7) is 0. The van der Waals surface area contributed by atoms with Crippen LogP contribution in [0.15, 0.2) is 12.3 Å². The van der Waals surface area contributed by atoms with Crippen LogP contribution in [0.1, 0.15) is 6.42 Å². The predicted octanol–water partition coefficient (Wildman–Crippen LogP) is 0.673. The molecule has 0 heterocycles. The van der Waals surface area contributed by atoms with Crippen LogP contribution in [-0.4, -0.2) is 16.2 Å². The van der Waals surface area contributed by atoms with Gasteiger partial charge in [-0.1, -0.05) is 0 Å². The van der Waals surface area contributed by atoms with Crippen LogP contribution in [-0.2, 0) is 4.79 Å². The fraction of sp³-hybridized carbons (Fsp3) is 0.333. The average molecular weight is 141 g/mol. The Morgan fingerprint density at radius 3 is 2.70 bits per heavy atom. The topological polar surface area (TPSA) is 81.3 Å². The summed E-state index contributed by atoms with van der Waals surface area (Å²) in [5.74, 6) is -2.22. The maximum Gasteiger partial charge on any atom is 0.321 e. The lowest BCUT2D eigenvalue weighted by molar-refractivity contribution is -0.139. The first-order chi connectivity index (χ1) is 4.72. The number of hydrogen-bond donors (Lipinski definition) is 2. The van der Waals surface area contributed by atoms with Gasteiger partial charge in [0, 0.05) is 0 Å². The molecule has 0 fully saturated rings. The molecule has 10 heavy (non-hydrogen) atoms. The third-order valence-electron chi connectivity index (χ3n) is 0.931. The van der Waals surface area contributed by atoms with Gasteiger partial charge >= 0.3 is 5.97 Å². The first kappa shape index (κ1) is 8.50. The third kappa shape index (κ3) is 2.72. The Balaban J connectivity index is 3.87. The van der Waals surface area contributed by atoms with E-state index >= 15 is 0 Å². The number of carboxylic acids is 1. The molecule has 0 aromatic carbocycles. The molecular formula is C6H7NO3. The van der Waals surface area contributed by atoms with Gasteiger partial charge in [0.25, 0.3) is 0 Å². The molecule has 0 aromatic rings. The summed E-state index contributed by atoms with van der Waals surface area (Å²) in [5.41, 5.74) is 0. The average Bonchev–Trinajstić information content (AvgIpc) is 1.89. The predicted molar refractivity (Wildman–Crippen MR) is 33.1 cm³/mol. The lowest BCUT2D eigenvalue weighted by atomic mass is 10.1. The molecule has 0 rings (SSSR count). The highest BCUT2D eigenvalue weighted by atomic mass is 16.4. The van der Waals surface area contributed by atoms with Crippen LogP contribution in [0.2, 0.25) is 0 Å². The Hall–Kier alpha value is -1.50. The molecule has 0 aliphatic heterocycles. The highest BCUT2D eigenvalue weighted by Gasteiger charge is 2.13. The van der Waals surface area contributed by atoms with Crippen LogP contribution in [0.25, 0.3) is 0 Å². The summed E-state index contributed by atoms with van der Waals surface area (Å²) in [7, 11) is 0. The first-order valence-corrected chi connectivity index (χ1v) is 2.64. The molecule has 0 radical (unpaired) electrons. The molecule has 0 aliphatic carbocycles. The number of carbonyl (C=O) groups is 1. The number of hydrogen-bond acceptors (Lipinski definition) is 3. The van der Waals surface area contributed by atoms with Crippen molar-refractivity contribution in [3.05, 3.63) is 12.3 Å². The van der Waals surface area contributed by atoms with Crippen molar-refractivity contribution in [3.8, 4) is 6.07 Å². The van der Waals surface area contributed by atoms with E-state index < -0.39 is 11.9 Å². The summed E-state index contributed by atoms with van der Waals surface area (Å²) in [4.78, 5) is 10.1. The van der Waals surface area contributed by atoms with Crippen LogP contribution in [0.3, 0.4) is 0 Å². The Bertz CT molecular complexity index is 180. The molecule has 0 aromatic heterocycles. The van der Waals surface area contributed by atoms with Crippen molar-refractivity contribution >= 4 is 5.97 Å². The Kier molecular flexibility index (Phi) is 3.73. The van der Waals surface area contributed by atoms with Crippen LogP contribution < -0.4 is 0 Å². The zero-order chi connectivity index (χ0) is 7.98. The minimum atomic E-state index is -1.17. The van der Waals surface area contributed by atoms with Crippen molar-refractivity contribution in [2.45, 2.75) is 6.42 Å². The van der Waals surface area contributed by atoms with Crippen molar-refractivity contribution in [2.75, 3.05) is 0 Å². The van der Waals surface area contributed by atoms with E-state index in [1.165, 1.54) is 6.08 Å². The number of allylic oxidation sites excluding steroid dienone is 1. The number of carboxylic acid groups (broad SMARTS) is 1. The molecule has 0 aliphatic rings. The van der Waals surface area contributed by atoms with Crippen molar-refractivity contribution in [1.29, 1.82) is 5.26 Å². The second kappa shape index (κ2) is 4.39. The van der Waals surface area contributed by atoms with Gasteiger partial charge in [0.05, 0.1) is 12.3 Å². The minimum Gasteiger partial charge on any atom is -0.516 e. The molecule has 1 atom stereocenters. The fourth-order valence-corrected chi connectivity index (χ4v) is 0.406. The van der Waals surface area contributed by atoms with Gasteiger partial charge in [-0.05, 0) is 12.5 Å². The van der Waals surface area contributed by atoms with Crippen LogP contribution in [0, 0.1) is 17.2 Å². The van der Waals surface area contributed by atoms with Crippen molar-refractivity contribution in [2.24, 2.45) is 5.92 Å². The van der Waals surface area contributed by atoms with Crippen molar-refractivity contribution in [3.63, 3.8) is 0 Å². The highest BCUT2D eigenvalue weighted by Crippen LogP contribution is 2.01. The number of nitrogens with zero attached hydrogens (tertiary/aromatic N) is 1. The van der Waals surface area contributed by atoms with E-state index in [0.29, 0.717) is 0 Å². The van der Waals surface area contributed by atoms with Gasteiger partial charge in [-0.2, -0.15) is 5.26 Å². The molecule has 0 saturated heterocycles. The minimum absolute atomic E-state index is 0.0440. The summed E-state index contributed by atoms with van der Waals surface area (Å²) in [6.07, 6.45) is 2.00. The lowest BCUT2D eigenvalue weighted by Crippen LogP contribution is -2.09. The van der Waals surface area contributed by atoms with E-state index in [0.717, 1.165) is 6.26 Å². The van der Waals surface area contributed by atoms with Gasteiger partial charge in [-0.15, -0.1) is 0 Å². The number of nitriles is 1.